The molecule has 0 atom stereocenters. The van der Waals surface area contributed by atoms with Crippen LogP contribution in [0.3, 0.4) is 0 Å². The Morgan fingerprint density at radius 3 is 2.15 bits per heavy atom. The number of allylic oxidation sites excluding steroid dienone is 1. The van der Waals surface area contributed by atoms with Crippen molar-refractivity contribution in [1.82, 2.24) is 15.2 Å². The zero-order chi connectivity index (χ0) is 28.1. The highest BCUT2D eigenvalue weighted by Gasteiger charge is 2.20. The Labute approximate surface area is 235 Å². The normalized spacial score (nSPS) is 10.6. The number of alkyl carbamates (subject to hydrolysis) is 1. The van der Waals surface area contributed by atoms with Gasteiger partial charge in [-0.3, -0.25) is 9.78 Å². The van der Waals surface area contributed by atoms with Gasteiger partial charge in [-0.2, -0.15) is 0 Å². The predicted octanol–water partition coefficient (Wildman–Crippen LogP) is 7.42. The molecular formula is C33H45N3O3. The Balaban J connectivity index is 0.000000823. The maximum atomic E-state index is 13.0. The van der Waals surface area contributed by atoms with Gasteiger partial charge < -0.3 is 15.0 Å². The van der Waals surface area contributed by atoms with E-state index in [1.54, 1.807) is 38.1 Å². The number of rotatable bonds is 7. The van der Waals surface area contributed by atoms with Gasteiger partial charge in [-0.05, 0) is 82.3 Å². The molecule has 39 heavy (non-hydrogen) atoms. The van der Waals surface area contributed by atoms with E-state index in [4.69, 9.17) is 4.74 Å². The lowest BCUT2D eigenvalue weighted by Gasteiger charge is -2.24. The third kappa shape index (κ3) is 12.9. The van der Waals surface area contributed by atoms with E-state index in [0.29, 0.717) is 13.1 Å². The Morgan fingerprint density at radius 1 is 0.923 bits per heavy atom. The molecule has 1 heterocycles. The van der Waals surface area contributed by atoms with E-state index in [0.717, 1.165) is 22.3 Å². The van der Waals surface area contributed by atoms with Crippen molar-refractivity contribution in [2.24, 2.45) is 0 Å². The van der Waals surface area contributed by atoms with Gasteiger partial charge in [-0.15, -0.1) is 0 Å². The second kappa shape index (κ2) is 16.1. The number of carbonyl (C=O) groups is 2. The van der Waals surface area contributed by atoms with Gasteiger partial charge in [0.15, 0.2) is 0 Å². The van der Waals surface area contributed by atoms with E-state index in [2.05, 4.69) is 54.5 Å². The molecule has 0 aliphatic rings. The molecule has 0 unspecified atom stereocenters. The van der Waals surface area contributed by atoms with Gasteiger partial charge in [0, 0.05) is 25.5 Å². The van der Waals surface area contributed by atoms with Gasteiger partial charge in [0.1, 0.15) is 12.1 Å². The minimum Gasteiger partial charge on any atom is -0.444 e. The number of nitrogens with zero attached hydrogens (tertiary/aromatic N) is 2. The summed E-state index contributed by atoms with van der Waals surface area (Å²) in [5, 5.41) is 2.56. The maximum Gasteiger partial charge on any atom is 0.408 e. The molecule has 0 spiro atoms. The van der Waals surface area contributed by atoms with Crippen LogP contribution < -0.4 is 5.32 Å². The Hall–Kier alpha value is -3.93. The van der Waals surface area contributed by atoms with Crippen LogP contribution in [-0.4, -0.2) is 34.0 Å². The molecule has 3 aromatic rings. The van der Waals surface area contributed by atoms with E-state index < -0.39 is 11.7 Å². The third-order valence-electron chi connectivity index (χ3n) is 5.44. The number of nitrogens with one attached hydrogen (secondary N) is 1. The third-order valence-corrected chi connectivity index (χ3v) is 5.44. The zero-order valence-electron chi connectivity index (χ0n) is 23.7. The van der Waals surface area contributed by atoms with Crippen molar-refractivity contribution >= 4 is 18.1 Å². The zero-order valence-corrected chi connectivity index (χ0v) is 23.7. The molecule has 0 bridgehead atoms. The Kier molecular flexibility index (Phi) is 13.7. The van der Waals surface area contributed by atoms with Crippen molar-refractivity contribution in [3.63, 3.8) is 0 Å². The van der Waals surface area contributed by atoms with E-state index >= 15 is 0 Å². The fourth-order valence-corrected chi connectivity index (χ4v) is 3.63. The molecule has 0 saturated heterocycles. The minimum absolute atomic E-state index is 0. The van der Waals surface area contributed by atoms with E-state index in [-0.39, 0.29) is 19.9 Å². The standard InChI is InChI=1S/C25H33N3O3.C7H8.CH4/c1-7-8-22-12-20(10-9-19(22)3)16-28(17-21-11-18(2)13-26-14-21)23(29)15-27-24(30)31-25(4,5)6;1-7-5-3-2-4-6-7;/h7-14H,15-17H2,1-6H3,(H,27,30);2-6H,1H3;1H4/b8-7-;;. The molecule has 2 amide bonds. The molecule has 3 rings (SSSR count). The Bertz CT molecular complexity index is 1210. The van der Waals surface area contributed by atoms with Crippen LogP contribution in [0.1, 0.15) is 68.5 Å². The summed E-state index contributed by atoms with van der Waals surface area (Å²) in [6.07, 6.45) is 6.99. The van der Waals surface area contributed by atoms with Gasteiger partial charge in [-0.25, -0.2) is 4.79 Å². The average Bonchev–Trinajstić information content (AvgIpc) is 2.84. The fraction of sp³-hybridized carbons (Fsp3) is 0.364. The van der Waals surface area contributed by atoms with Crippen LogP contribution in [0.15, 0.2) is 73.1 Å². The second-order valence-electron chi connectivity index (χ2n) is 10.3. The predicted molar refractivity (Wildman–Crippen MR) is 161 cm³/mol. The van der Waals surface area contributed by atoms with Gasteiger partial charge in [0.2, 0.25) is 5.91 Å². The van der Waals surface area contributed by atoms with Crippen molar-refractivity contribution in [3.05, 3.63) is 106 Å². The Morgan fingerprint density at radius 2 is 1.59 bits per heavy atom. The fourth-order valence-electron chi connectivity index (χ4n) is 3.63. The summed E-state index contributed by atoms with van der Waals surface area (Å²) in [5.41, 5.74) is 5.98. The van der Waals surface area contributed by atoms with Crippen LogP contribution in [0, 0.1) is 20.8 Å². The number of carbonyl (C=O) groups excluding carboxylic acids is 2. The molecule has 0 aliphatic carbocycles. The van der Waals surface area contributed by atoms with E-state index in [1.807, 2.05) is 50.3 Å². The lowest BCUT2D eigenvalue weighted by atomic mass is 10.0. The van der Waals surface area contributed by atoms with Crippen molar-refractivity contribution in [1.29, 1.82) is 0 Å². The maximum absolute atomic E-state index is 13.0. The monoisotopic (exact) mass is 531 g/mol. The number of amides is 2. The largest absolute Gasteiger partial charge is 0.444 e. The SMILES string of the molecule is C.C/C=C\c1cc(CN(Cc2cncc(C)c2)C(=O)CNC(=O)OC(C)(C)C)ccc1C.Cc1ccccc1. The highest BCUT2D eigenvalue weighted by molar-refractivity contribution is 5.82. The van der Waals surface area contributed by atoms with Gasteiger partial charge in [0.05, 0.1) is 0 Å². The van der Waals surface area contributed by atoms with Crippen molar-refractivity contribution in [2.75, 3.05) is 6.54 Å². The first-order valence-electron chi connectivity index (χ1n) is 12.9. The molecule has 2 aromatic carbocycles. The summed E-state index contributed by atoms with van der Waals surface area (Å²) < 4.78 is 5.24. The van der Waals surface area contributed by atoms with Crippen LogP contribution >= 0.6 is 0 Å². The van der Waals surface area contributed by atoms with Crippen molar-refractivity contribution in [3.8, 4) is 0 Å². The summed E-state index contributed by atoms with van der Waals surface area (Å²) in [4.78, 5) is 30.9. The second-order valence-corrected chi connectivity index (χ2v) is 10.3. The lowest BCUT2D eigenvalue weighted by Crippen LogP contribution is -2.41. The molecule has 6 heteroatoms. The topological polar surface area (TPSA) is 71.5 Å². The molecule has 1 aromatic heterocycles. The number of pyridine rings is 1. The molecular weight excluding hydrogens is 486 g/mol. The van der Waals surface area contributed by atoms with Crippen molar-refractivity contribution < 1.29 is 14.3 Å². The van der Waals surface area contributed by atoms with Gasteiger partial charge in [-0.1, -0.05) is 73.7 Å². The summed E-state index contributed by atoms with van der Waals surface area (Å²) in [7, 11) is 0. The lowest BCUT2D eigenvalue weighted by molar-refractivity contribution is -0.131. The van der Waals surface area contributed by atoms with E-state index in [9.17, 15) is 9.59 Å². The molecule has 0 radical (unpaired) electrons. The first-order chi connectivity index (χ1) is 18.0. The number of hydrogen-bond donors (Lipinski definition) is 1. The average molecular weight is 532 g/mol. The van der Waals surface area contributed by atoms with Crippen LogP contribution in [0.25, 0.3) is 6.08 Å². The molecule has 1 N–H and O–H groups in total. The highest BCUT2D eigenvalue weighted by atomic mass is 16.6. The van der Waals surface area contributed by atoms with Crippen LogP contribution in [0.5, 0.6) is 0 Å². The minimum atomic E-state index is -0.620. The van der Waals surface area contributed by atoms with Crippen LogP contribution in [0.2, 0.25) is 0 Å². The van der Waals surface area contributed by atoms with Gasteiger partial charge in [0.25, 0.3) is 0 Å². The summed E-state index contributed by atoms with van der Waals surface area (Å²) in [6, 6.07) is 18.4. The molecule has 6 nitrogen and oxygen atoms in total. The smallest absolute Gasteiger partial charge is 0.408 e. The molecule has 0 saturated carbocycles. The van der Waals surface area contributed by atoms with Crippen LogP contribution in [-0.2, 0) is 22.6 Å². The van der Waals surface area contributed by atoms with E-state index in [1.165, 1.54) is 11.1 Å². The van der Waals surface area contributed by atoms with Crippen LogP contribution in [0.4, 0.5) is 4.79 Å². The first kappa shape index (κ1) is 33.1. The molecule has 0 fully saturated rings. The summed E-state index contributed by atoms with van der Waals surface area (Å²) >= 11 is 0. The first-order valence-corrected chi connectivity index (χ1v) is 12.9. The summed E-state index contributed by atoms with van der Waals surface area (Å²) in [6.45, 7) is 14.1. The number of hydrogen-bond acceptors (Lipinski definition) is 4. The highest BCUT2D eigenvalue weighted by Crippen LogP contribution is 2.17. The number of aromatic nitrogens is 1. The number of benzene rings is 2. The van der Waals surface area contributed by atoms with Crippen molar-refractivity contribution in [2.45, 2.75) is 74.6 Å². The number of aryl methyl sites for hydroxylation is 3. The molecule has 0 aliphatic heterocycles. The quantitative estimate of drug-likeness (QED) is 0.344. The van der Waals surface area contributed by atoms with Gasteiger partial charge >= 0.3 is 6.09 Å². The summed E-state index contributed by atoms with van der Waals surface area (Å²) in [5.74, 6) is -0.194. The number of ether oxygens (including phenoxy) is 1. The molecule has 210 valence electrons.